The summed E-state index contributed by atoms with van der Waals surface area (Å²) in [5.41, 5.74) is 0. The normalized spacial score (nSPS) is 16.9. The second kappa shape index (κ2) is 24.9. The molecule has 0 unspecified atom stereocenters. The summed E-state index contributed by atoms with van der Waals surface area (Å²) in [5, 5.41) is 7.56. The molecule has 408 valence electrons. The van der Waals surface area contributed by atoms with Crippen LogP contribution >= 0.6 is 0 Å². The quantitative estimate of drug-likeness (QED) is 0.116. The van der Waals surface area contributed by atoms with E-state index < -0.39 is 71.8 Å². The topological polar surface area (TPSA) is 46.2 Å². The van der Waals surface area contributed by atoms with Gasteiger partial charge in [0.2, 0.25) is 0 Å². The van der Waals surface area contributed by atoms with Gasteiger partial charge in [0.05, 0.1) is 0 Å². The van der Waals surface area contributed by atoms with Gasteiger partial charge in [-0.05, 0) is 0 Å². The summed E-state index contributed by atoms with van der Waals surface area (Å²) in [6.45, 7) is 0. The Balaban J connectivity index is 1.31. The third-order valence-electron chi connectivity index (χ3n) is 16.2. The molecule has 0 aliphatic carbocycles. The fourth-order valence-corrected chi connectivity index (χ4v) is 104. The van der Waals surface area contributed by atoms with Crippen molar-refractivity contribution in [2.24, 2.45) is 0 Å². The summed E-state index contributed by atoms with van der Waals surface area (Å²) in [6, 6.07) is 131. The van der Waals surface area contributed by atoms with Crippen LogP contribution in [-0.4, -0.2) is 71.8 Å². The summed E-state index contributed by atoms with van der Waals surface area (Å²) in [4.78, 5) is 0. The van der Waals surface area contributed by atoms with Crippen molar-refractivity contribution in [2.75, 3.05) is 0 Å². The Morgan fingerprint density at radius 1 is 0.179 bits per heavy atom. The number of benzene rings is 12. The third kappa shape index (κ3) is 10.6. The van der Waals surface area contributed by atoms with Gasteiger partial charge in [0, 0.05) is 0 Å². The van der Waals surface area contributed by atoms with Gasteiger partial charge in [-0.3, -0.25) is 0 Å². The van der Waals surface area contributed by atoms with Crippen LogP contribution in [0.4, 0.5) is 0 Å². The zero-order valence-corrected chi connectivity index (χ0v) is 56.1. The van der Waals surface area contributed by atoms with E-state index in [-0.39, 0.29) is 0 Å². The van der Waals surface area contributed by atoms with Gasteiger partial charge in [0.1, 0.15) is 0 Å². The van der Waals surface area contributed by atoms with Crippen LogP contribution in [0.1, 0.15) is 0 Å². The average molecular weight is 1370 g/mol. The van der Waals surface area contributed by atoms with E-state index >= 15 is 0 Å². The van der Waals surface area contributed by atoms with Gasteiger partial charge in [0.25, 0.3) is 0 Å². The molecule has 1 aliphatic heterocycles. The molecule has 0 bridgehead atoms. The van der Waals surface area contributed by atoms with Gasteiger partial charge in [-0.1, -0.05) is 0 Å². The first-order valence-electron chi connectivity index (χ1n) is 28.7. The summed E-state index contributed by atoms with van der Waals surface area (Å²) >= 11 is -10.6. The monoisotopic (exact) mass is 1370 g/mol. The van der Waals surface area contributed by atoms with Crippen molar-refractivity contribution < 1.29 is 17.9 Å². The van der Waals surface area contributed by atoms with Crippen molar-refractivity contribution >= 4 is 128 Å². The molecule has 1 heterocycles. The van der Waals surface area contributed by atoms with Crippen molar-refractivity contribution in [2.45, 2.75) is 2.45 Å². The first kappa shape index (κ1) is 56.1. The van der Waals surface area contributed by atoms with E-state index in [1.807, 2.05) is 0 Å². The zero-order valence-electron chi connectivity index (χ0n) is 46.4. The minimum absolute atomic E-state index is 0.609. The van der Waals surface area contributed by atoms with Crippen LogP contribution in [0.15, 0.2) is 364 Å². The molecule has 0 radical (unpaired) electrons. The fraction of sp³-hybridized carbons (Fsp3) is 0.0137. The van der Waals surface area contributed by atoms with Crippen LogP contribution in [-0.2, 0) is 17.9 Å². The molecule has 11 heteroatoms. The SMILES string of the molecule is c1ccc([Si]2(c3ccccc3)O[Si](c3ccccc3)(c3ccccc3)O[Si](c3ccccc3)(c3ccccc3)[O][Sn]([c]3ccccc3)([c]3ccccc3)[CH2][Sn]([c]3ccccc3)([c]3ccccc3)[O][Si](c3ccccc3)(c3ccccc3)O2)cc1. The van der Waals surface area contributed by atoms with E-state index in [0.29, 0.717) is 2.45 Å². The van der Waals surface area contributed by atoms with Gasteiger partial charge >= 0.3 is 512 Å². The van der Waals surface area contributed by atoms with Crippen molar-refractivity contribution in [3.8, 4) is 0 Å². The van der Waals surface area contributed by atoms with E-state index in [1.165, 1.54) is 14.3 Å². The predicted molar refractivity (Wildman–Crippen MR) is 358 cm³/mol. The Hall–Kier alpha value is -7.10. The molecule has 12 aromatic rings. The van der Waals surface area contributed by atoms with E-state index in [4.69, 9.17) is 0 Å². The van der Waals surface area contributed by atoms with E-state index in [2.05, 4.69) is 364 Å². The maximum atomic E-state index is 9.44. The molecule has 84 heavy (non-hydrogen) atoms. The molecular formula is C73H62O5Si4Sn2. The molecule has 12 aromatic carbocycles. The molecule has 13 rings (SSSR count). The molecule has 1 aliphatic rings. The van der Waals surface area contributed by atoms with Gasteiger partial charge in [0.15, 0.2) is 0 Å². The van der Waals surface area contributed by atoms with Crippen molar-refractivity contribution in [1.29, 1.82) is 0 Å². The molecule has 0 atom stereocenters. The standard InChI is InChI=1S/C48H40O5Si4.4C6H5.CH2.2Sn/c49-54(41-25-9-1-10-26-41,42-27-11-2-12-28-42)51-56(45-33-17-5-18-34-45,46-35-19-6-20-36-46)53-57(47-37-21-7-22-38-47,48-39-23-8-24-40-48)52-55(50,43-29-13-3-14-30-43)44-31-15-4-16-32-44;4*1-2-4-6-5-3-1;;;/h1-40H;4*1-5H;1H2;;/q-2;;;;;;2*+1. The Kier molecular flexibility index (Phi) is 16.6. The number of hydrogen-bond donors (Lipinski definition) is 0. The Morgan fingerprint density at radius 3 is 0.500 bits per heavy atom. The van der Waals surface area contributed by atoms with Crippen LogP contribution in [0.5, 0.6) is 0 Å². The number of hydrogen-bond acceptors (Lipinski definition) is 5. The van der Waals surface area contributed by atoms with Crippen molar-refractivity contribution in [3.05, 3.63) is 364 Å². The number of rotatable bonds is 12. The minimum atomic E-state index is -5.30. The van der Waals surface area contributed by atoms with E-state index in [0.717, 1.165) is 41.5 Å². The molecule has 0 N–H and O–H groups in total. The molecule has 0 aromatic heterocycles. The van der Waals surface area contributed by atoms with E-state index in [9.17, 15) is 17.9 Å². The molecule has 0 saturated carbocycles. The summed E-state index contributed by atoms with van der Waals surface area (Å²) < 4.78 is 51.9. The second-order valence-electron chi connectivity index (χ2n) is 21.2. The molecule has 5 nitrogen and oxygen atoms in total. The van der Waals surface area contributed by atoms with Crippen LogP contribution < -0.4 is 55.8 Å². The van der Waals surface area contributed by atoms with Gasteiger partial charge in [-0.25, -0.2) is 0 Å². The molecular weight excluding hydrogens is 1310 g/mol. The first-order valence-corrected chi connectivity index (χ1v) is 48.0. The van der Waals surface area contributed by atoms with Crippen LogP contribution in [0, 0.1) is 0 Å². The zero-order chi connectivity index (χ0) is 56.6. The van der Waals surface area contributed by atoms with Gasteiger partial charge in [-0.15, -0.1) is 0 Å². The summed E-state index contributed by atoms with van der Waals surface area (Å²) in [6.07, 6.45) is 0. The van der Waals surface area contributed by atoms with Crippen LogP contribution in [0.25, 0.3) is 0 Å². The van der Waals surface area contributed by atoms with Gasteiger partial charge < -0.3 is 0 Å². The maximum absolute atomic E-state index is 9.44. The molecule has 0 amide bonds. The molecule has 1 fully saturated rings. The Morgan fingerprint density at radius 2 is 0.321 bits per heavy atom. The third-order valence-corrected chi connectivity index (χ3v) is 80.4. The summed E-state index contributed by atoms with van der Waals surface area (Å²) in [7, 11) is -17.5. The van der Waals surface area contributed by atoms with E-state index in [1.54, 1.807) is 0 Å². The molecule has 0 spiro atoms. The fourth-order valence-electron chi connectivity index (χ4n) is 12.3. The Labute approximate surface area is 507 Å². The van der Waals surface area contributed by atoms with Crippen LogP contribution in [0.3, 0.4) is 0 Å². The van der Waals surface area contributed by atoms with Crippen LogP contribution in [0.2, 0.25) is 2.45 Å². The molecule has 1 saturated heterocycles. The second-order valence-corrected chi connectivity index (χ2v) is 60.9. The first-order chi connectivity index (χ1) is 41.5. The van der Waals surface area contributed by atoms with Gasteiger partial charge in [-0.2, -0.15) is 0 Å². The van der Waals surface area contributed by atoms with Crippen molar-refractivity contribution in [3.63, 3.8) is 0 Å². The predicted octanol–water partition coefficient (Wildman–Crippen LogP) is 8.17. The van der Waals surface area contributed by atoms with Crippen molar-refractivity contribution in [1.82, 2.24) is 0 Å². The average Bonchev–Trinajstić information content (AvgIpc) is 1.06. The summed E-state index contributed by atoms with van der Waals surface area (Å²) in [5.74, 6) is 0. The Bertz CT molecular complexity index is 3060.